The molecule has 0 radical (unpaired) electrons. The van der Waals surface area contributed by atoms with Gasteiger partial charge in [-0.1, -0.05) is 19.1 Å². The Labute approximate surface area is 183 Å². The Balaban J connectivity index is 1.37. The first-order valence-corrected chi connectivity index (χ1v) is 11.0. The summed E-state index contributed by atoms with van der Waals surface area (Å²) in [6.45, 7) is 8.98. The Hall–Kier alpha value is -2.97. The van der Waals surface area contributed by atoms with Crippen molar-refractivity contribution in [2.45, 2.75) is 33.0 Å². The van der Waals surface area contributed by atoms with E-state index in [4.69, 9.17) is 0 Å². The van der Waals surface area contributed by atoms with Gasteiger partial charge in [0.15, 0.2) is 0 Å². The highest BCUT2D eigenvalue weighted by atomic mass is 16.2. The van der Waals surface area contributed by atoms with E-state index in [2.05, 4.69) is 48.8 Å². The minimum atomic E-state index is 0.130. The molecule has 0 bridgehead atoms. The monoisotopic (exact) mass is 421 g/mol. The largest absolute Gasteiger partial charge is 0.348 e. The molecule has 0 saturated carbocycles. The van der Waals surface area contributed by atoms with Crippen LogP contribution < -0.4 is 0 Å². The number of carbonyl (C=O) groups excluding carboxylic acids is 1. The van der Waals surface area contributed by atoms with Crippen LogP contribution in [0, 0.1) is 0 Å². The van der Waals surface area contributed by atoms with Crippen molar-refractivity contribution in [1.82, 2.24) is 34.6 Å². The van der Waals surface area contributed by atoms with Crippen LogP contribution in [-0.4, -0.2) is 73.3 Å². The first-order valence-electron chi connectivity index (χ1n) is 11.0. The van der Waals surface area contributed by atoms with E-state index in [1.54, 1.807) is 12.4 Å². The maximum absolute atomic E-state index is 12.9. The van der Waals surface area contributed by atoms with Crippen LogP contribution in [0.1, 0.15) is 40.9 Å². The van der Waals surface area contributed by atoms with Crippen molar-refractivity contribution < 1.29 is 4.79 Å². The number of hydrogen-bond acceptors (Lipinski definition) is 5. The third-order valence-corrected chi connectivity index (χ3v) is 5.66. The Morgan fingerprint density at radius 1 is 0.935 bits per heavy atom. The van der Waals surface area contributed by atoms with E-state index in [1.807, 2.05) is 29.4 Å². The second kappa shape index (κ2) is 10.4. The normalized spacial score (nSPS) is 15.0. The van der Waals surface area contributed by atoms with Crippen LogP contribution in [0.2, 0.25) is 0 Å². The van der Waals surface area contributed by atoms with Crippen LogP contribution in [0.4, 0.5) is 0 Å². The lowest BCUT2D eigenvalue weighted by molar-refractivity contribution is 0.0637. The standard InChI is InChI=1S/C23H31N7O/c1-2-11-28-12-14-30(15-13-28)23(31)20-5-3-19(4-6-20)16-29(17-21-24-7-8-25-21)18-22-26-9-10-27-22/h3-10H,2,11-18H2,1H3,(H,24,25)(H,26,27). The summed E-state index contributed by atoms with van der Waals surface area (Å²) in [4.78, 5) is 34.6. The molecule has 3 heterocycles. The van der Waals surface area contributed by atoms with E-state index in [1.165, 1.54) is 0 Å². The summed E-state index contributed by atoms with van der Waals surface area (Å²) in [5.41, 5.74) is 1.92. The SMILES string of the molecule is CCCN1CCN(C(=O)c2ccc(CN(Cc3ncc[nH]3)Cc3ncc[nH]3)cc2)CC1. The average Bonchev–Trinajstić information content (AvgIpc) is 3.49. The van der Waals surface area contributed by atoms with Gasteiger partial charge in [0, 0.05) is 63.1 Å². The highest BCUT2D eigenvalue weighted by molar-refractivity contribution is 5.94. The second-order valence-electron chi connectivity index (χ2n) is 8.05. The highest BCUT2D eigenvalue weighted by Crippen LogP contribution is 2.14. The van der Waals surface area contributed by atoms with Crippen LogP contribution in [0.25, 0.3) is 0 Å². The van der Waals surface area contributed by atoms with Gasteiger partial charge in [0.25, 0.3) is 5.91 Å². The Kier molecular flexibility index (Phi) is 7.11. The van der Waals surface area contributed by atoms with Gasteiger partial charge in [0.05, 0.1) is 13.1 Å². The lowest BCUT2D eigenvalue weighted by Gasteiger charge is -2.34. The molecule has 8 nitrogen and oxygen atoms in total. The van der Waals surface area contributed by atoms with E-state index in [-0.39, 0.29) is 5.91 Å². The molecule has 2 aromatic heterocycles. The molecule has 1 fully saturated rings. The molecule has 8 heteroatoms. The van der Waals surface area contributed by atoms with Gasteiger partial charge in [0.2, 0.25) is 0 Å². The predicted octanol–water partition coefficient (Wildman–Crippen LogP) is 2.50. The summed E-state index contributed by atoms with van der Waals surface area (Å²) < 4.78 is 0. The predicted molar refractivity (Wildman–Crippen MR) is 119 cm³/mol. The Morgan fingerprint density at radius 2 is 1.55 bits per heavy atom. The summed E-state index contributed by atoms with van der Waals surface area (Å²) in [6, 6.07) is 8.01. The van der Waals surface area contributed by atoms with Crippen LogP contribution in [0.5, 0.6) is 0 Å². The van der Waals surface area contributed by atoms with Gasteiger partial charge in [-0.25, -0.2) is 9.97 Å². The Morgan fingerprint density at radius 3 is 2.06 bits per heavy atom. The molecule has 1 amide bonds. The number of amides is 1. The molecule has 0 unspecified atom stereocenters. The molecule has 2 N–H and O–H groups in total. The van der Waals surface area contributed by atoms with Crippen molar-refractivity contribution in [1.29, 1.82) is 0 Å². The first-order chi connectivity index (χ1) is 15.2. The second-order valence-corrected chi connectivity index (χ2v) is 8.05. The maximum Gasteiger partial charge on any atom is 0.253 e. The van der Waals surface area contributed by atoms with Gasteiger partial charge in [-0.2, -0.15) is 0 Å². The molecule has 164 valence electrons. The minimum absolute atomic E-state index is 0.130. The van der Waals surface area contributed by atoms with E-state index in [0.29, 0.717) is 13.1 Å². The summed E-state index contributed by atoms with van der Waals surface area (Å²) >= 11 is 0. The summed E-state index contributed by atoms with van der Waals surface area (Å²) in [7, 11) is 0. The van der Waals surface area contributed by atoms with Crippen LogP contribution in [0.3, 0.4) is 0 Å². The maximum atomic E-state index is 12.9. The zero-order chi connectivity index (χ0) is 21.5. The van der Waals surface area contributed by atoms with Crippen molar-refractivity contribution >= 4 is 5.91 Å². The molecule has 1 saturated heterocycles. The third-order valence-electron chi connectivity index (χ3n) is 5.66. The molecule has 3 aromatic rings. The number of benzene rings is 1. The van der Waals surface area contributed by atoms with Gasteiger partial charge in [0.1, 0.15) is 11.6 Å². The number of H-pyrrole nitrogens is 2. The van der Waals surface area contributed by atoms with Crippen molar-refractivity contribution in [2.24, 2.45) is 0 Å². The minimum Gasteiger partial charge on any atom is -0.348 e. The molecule has 31 heavy (non-hydrogen) atoms. The van der Waals surface area contributed by atoms with Gasteiger partial charge >= 0.3 is 0 Å². The summed E-state index contributed by atoms with van der Waals surface area (Å²) in [6.07, 6.45) is 8.36. The van der Waals surface area contributed by atoms with Crippen LogP contribution in [0.15, 0.2) is 49.1 Å². The topological polar surface area (TPSA) is 84.2 Å². The van der Waals surface area contributed by atoms with E-state index < -0.39 is 0 Å². The summed E-state index contributed by atoms with van der Waals surface area (Å²) in [5, 5.41) is 0. The smallest absolute Gasteiger partial charge is 0.253 e. The number of piperazine rings is 1. The quantitative estimate of drug-likeness (QED) is 0.555. The van der Waals surface area contributed by atoms with Crippen molar-refractivity contribution in [3.63, 3.8) is 0 Å². The molecule has 4 rings (SSSR count). The molecule has 0 aliphatic carbocycles. The molecule has 1 aliphatic rings. The van der Waals surface area contributed by atoms with Gasteiger partial charge < -0.3 is 14.9 Å². The molecular formula is C23H31N7O. The number of carbonyl (C=O) groups is 1. The number of imidazole rings is 2. The highest BCUT2D eigenvalue weighted by Gasteiger charge is 2.21. The molecule has 1 aromatic carbocycles. The van der Waals surface area contributed by atoms with Crippen molar-refractivity contribution in [3.8, 4) is 0 Å². The van der Waals surface area contributed by atoms with Gasteiger partial charge in [-0.3, -0.25) is 14.6 Å². The van der Waals surface area contributed by atoms with Gasteiger partial charge in [-0.15, -0.1) is 0 Å². The van der Waals surface area contributed by atoms with Crippen LogP contribution >= 0.6 is 0 Å². The number of aromatic amines is 2. The van der Waals surface area contributed by atoms with E-state index >= 15 is 0 Å². The van der Waals surface area contributed by atoms with Crippen molar-refractivity contribution in [3.05, 3.63) is 71.8 Å². The average molecular weight is 422 g/mol. The van der Waals surface area contributed by atoms with E-state index in [0.717, 1.165) is 68.5 Å². The van der Waals surface area contributed by atoms with Gasteiger partial charge in [-0.05, 0) is 30.7 Å². The number of nitrogens with one attached hydrogen (secondary N) is 2. The fourth-order valence-corrected chi connectivity index (χ4v) is 4.04. The third kappa shape index (κ3) is 5.80. The first kappa shape index (κ1) is 21.3. The molecule has 0 spiro atoms. The van der Waals surface area contributed by atoms with E-state index in [9.17, 15) is 4.79 Å². The summed E-state index contributed by atoms with van der Waals surface area (Å²) in [5.74, 6) is 1.96. The number of aromatic nitrogens is 4. The molecule has 1 aliphatic heterocycles. The van der Waals surface area contributed by atoms with Crippen molar-refractivity contribution in [2.75, 3.05) is 32.7 Å². The number of rotatable bonds is 9. The van der Waals surface area contributed by atoms with Crippen LogP contribution in [-0.2, 0) is 19.6 Å². The number of nitrogens with zero attached hydrogens (tertiary/aromatic N) is 5. The zero-order valence-electron chi connectivity index (χ0n) is 18.1. The lowest BCUT2D eigenvalue weighted by atomic mass is 10.1. The molecular weight excluding hydrogens is 390 g/mol. The lowest BCUT2D eigenvalue weighted by Crippen LogP contribution is -2.48. The molecule has 0 atom stereocenters. The zero-order valence-corrected chi connectivity index (χ0v) is 18.1. The Bertz CT molecular complexity index is 877. The fourth-order valence-electron chi connectivity index (χ4n) is 4.04. The fraction of sp³-hybridized carbons (Fsp3) is 0.435. The number of hydrogen-bond donors (Lipinski definition) is 2.